The van der Waals surface area contributed by atoms with Gasteiger partial charge in [0.25, 0.3) is 0 Å². The Bertz CT molecular complexity index is 2670. The van der Waals surface area contributed by atoms with E-state index < -0.39 is 0 Å². The number of terminal acetylenes is 1. The number of nitriles is 1. The fourth-order valence-electron chi connectivity index (χ4n) is 6.59. The quantitative estimate of drug-likeness (QED) is 0.0714. The van der Waals surface area contributed by atoms with Crippen LogP contribution in [-0.2, 0) is 30.8 Å². The third-order valence-electron chi connectivity index (χ3n) is 9.97. The molecule has 12 heteroatoms. The standard InChI is InChI=1S/C34H33N5O2.2C10H8N2.Ru/c1-5-8-9-34(40)38-23-25-14-16-36-31(19-25)32-20-26(15-17-37-32)27(22-35)10-12-29-18-24(4)30-13-11-28(21-33(30)41-29)39(6-2)7-3;2*1-3-7-11-9(5-1)10-6-2-4-8-12-10;/h1,10-21H,6-9,23H2,2-4H3,(H,38,40);2*1-8H;/b27-10+,29-12-;;;. The van der Waals surface area contributed by atoms with E-state index in [0.29, 0.717) is 47.7 Å². The number of fused-ring (bicyclic) bond motifs is 1. The molecule has 7 heterocycles. The van der Waals surface area contributed by atoms with E-state index in [9.17, 15) is 10.1 Å². The number of benzene rings is 1. The van der Waals surface area contributed by atoms with E-state index in [4.69, 9.17) is 11.2 Å². The Morgan fingerprint density at radius 1 is 0.712 bits per heavy atom. The van der Waals surface area contributed by atoms with E-state index in [1.807, 2.05) is 103 Å². The van der Waals surface area contributed by atoms with Crippen LogP contribution in [-0.4, -0.2) is 48.9 Å². The van der Waals surface area contributed by atoms with Crippen LogP contribution in [0, 0.1) is 23.7 Å². The zero-order chi connectivity index (χ0) is 45.6. The second kappa shape index (κ2) is 26.0. The second-order valence-corrected chi connectivity index (χ2v) is 14.4. The minimum absolute atomic E-state index is 0. The van der Waals surface area contributed by atoms with Crippen molar-refractivity contribution in [3.63, 3.8) is 0 Å². The molecule has 1 aliphatic rings. The molecule has 7 aromatic rings. The van der Waals surface area contributed by atoms with Crippen molar-refractivity contribution in [3.8, 4) is 58.3 Å². The molecule has 11 nitrogen and oxygen atoms in total. The van der Waals surface area contributed by atoms with Gasteiger partial charge in [-0.15, -0.1) is 12.3 Å². The first-order valence-corrected chi connectivity index (χ1v) is 21.2. The number of allylic oxidation sites excluding steroid dienone is 5. The van der Waals surface area contributed by atoms with Crippen molar-refractivity contribution in [2.45, 2.75) is 40.2 Å². The average Bonchev–Trinajstić information content (AvgIpc) is 3.37. The van der Waals surface area contributed by atoms with Gasteiger partial charge >= 0.3 is 0 Å². The van der Waals surface area contributed by atoms with Gasteiger partial charge in [-0.25, -0.2) is 0 Å². The number of rotatable bonds is 12. The number of pyridine rings is 6. The van der Waals surface area contributed by atoms with Crippen molar-refractivity contribution in [3.05, 3.63) is 193 Å². The van der Waals surface area contributed by atoms with Gasteiger partial charge in [-0.1, -0.05) is 24.3 Å². The van der Waals surface area contributed by atoms with Crippen molar-refractivity contribution in [2.75, 3.05) is 18.0 Å². The van der Waals surface area contributed by atoms with Gasteiger partial charge in [-0.3, -0.25) is 34.7 Å². The molecular formula is C54H49N9O2Ru. The van der Waals surface area contributed by atoms with Crippen molar-refractivity contribution in [2.24, 2.45) is 0 Å². The summed E-state index contributed by atoms with van der Waals surface area (Å²) in [5.41, 5.74) is 10.3. The zero-order valence-corrected chi connectivity index (χ0v) is 38.8. The first-order chi connectivity index (χ1) is 31.9. The van der Waals surface area contributed by atoms with Gasteiger partial charge in [-0.05, 0) is 141 Å². The second-order valence-electron chi connectivity index (χ2n) is 14.4. The summed E-state index contributed by atoms with van der Waals surface area (Å²) in [7, 11) is 0. The van der Waals surface area contributed by atoms with Gasteiger partial charge in [0.1, 0.15) is 11.5 Å². The molecule has 66 heavy (non-hydrogen) atoms. The number of ether oxygens (including phenoxy) is 1. The molecule has 1 aliphatic heterocycles. The van der Waals surface area contributed by atoms with E-state index in [1.165, 1.54) is 0 Å². The van der Waals surface area contributed by atoms with E-state index in [-0.39, 0.29) is 25.4 Å². The van der Waals surface area contributed by atoms with Crippen molar-refractivity contribution >= 4 is 22.7 Å². The monoisotopic (exact) mass is 957 g/mol. The van der Waals surface area contributed by atoms with Crippen LogP contribution in [0.25, 0.3) is 45.3 Å². The summed E-state index contributed by atoms with van der Waals surface area (Å²) in [6.07, 6.45) is 21.9. The molecule has 1 N–H and O–H groups in total. The smallest absolute Gasteiger partial charge is 0.221 e. The number of anilines is 1. The Morgan fingerprint density at radius 3 is 1.77 bits per heavy atom. The Balaban J connectivity index is 0.000000262. The molecule has 0 radical (unpaired) electrons. The summed E-state index contributed by atoms with van der Waals surface area (Å²) in [4.78, 5) is 39.8. The maximum absolute atomic E-state index is 11.9. The predicted octanol–water partition coefficient (Wildman–Crippen LogP) is 10.6. The third-order valence-corrected chi connectivity index (χ3v) is 9.97. The molecule has 6 aromatic heterocycles. The summed E-state index contributed by atoms with van der Waals surface area (Å²) in [5, 5.41) is 12.8. The Hall–Kier alpha value is -7.92. The van der Waals surface area contributed by atoms with Crippen molar-refractivity contribution in [1.82, 2.24) is 35.2 Å². The first-order valence-electron chi connectivity index (χ1n) is 21.2. The third kappa shape index (κ3) is 14.3. The van der Waals surface area contributed by atoms with Gasteiger partial charge in [0.05, 0.1) is 45.8 Å². The summed E-state index contributed by atoms with van der Waals surface area (Å²) < 4.78 is 6.22. The number of carbonyl (C=O) groups excluding carboxylic acids is 1. The zero-order valence-electron chi connectivity index (χ0n) is 37.0. The van der Waals surface area contributed by atoms with Gasteiger partial charge in [0, 0.05) is 106 Å². The van der Waals surface area contributed by atoms with Gasteiger partial charge in [-0.2, -0.15) is 5.26 Å². The number of amides is 1. The van der Waals surface area contributed by atoms with E-state index in [0.717, 1.165) is 64.0 Å². The van der Waals surface area contributed by atoms with Crippen molar-refractivity contribution in [1.29, 1.82) is 5.26 Å². The SMILES string of the molecule is C#CCCC(=O)NCc1ccnc(-c2cc(/C(C#N)=C/C=C3/C=C(C)c4ccc(N(CC)CC)cc4O3)ccn2)c1.[Ru].c1ccc(-c2ccccn2)nc1.c1ccc(-c2ccccn2)nc1. The molecule has 8 rings (SSSR count). The molecule has 0 spiro atoms. The van der Waals surface area contributed by atoms with Crippen LogP contribution >= 0.6 is 0 Å². The van der Waals surface area contributed by atoms with Crippen LogP contribution in [0.15, 0.2) is 176 Å². The fraction of sp³-hybridized carbons (Fsp3) is 0.148. The van der Waals surface area contributed by atoms with Crippen LogP contribution in [0.3, 0.4) is 0 Å². The number of hydrogen-bond donors (Lipinski definition) is 1. The molecule has 0 aliphatic carbocycles. The molecule has 0 saturated heterocycles. The Kier molecular flexibility index (Phi) is 19.4. The molecule has 0 bridgehead atoms. The molecule has 0 fully saturated rings. The molecule has 0 unspecified atom stereocenters. The molecule has 0 atom stereocenters. The Labute approximate surface area is 399 Å². The molecule has 1 aromatic carbocycles. The molecule has 330 valence electrons. The molecule has 1 amide bonds. The number of hydrogen-bond acceptors (Lipinski definition) is 10. The topological polar surface area (TPSA) is 143 Å². The van der Waals surface area contributed by atoms with Crippen LogP contribution in [0.5, 0.6) is 5.75 Å². The van der Waals surface area contributed by atoms with Crippen LogP contribution in [0.2, 0.25) is 0 Å². The van der Waals surface area contributed by atoms with Gasteiger partial charge in [0.2, 0.25) is 5.91 Å². The minimum atomic E-state index is -0.0980. The van der Waals surface area contributed by atoms with Gasteiger partial charge < -0.3 is 15.0 Å². The summed E-state index contributed by atoms with van der Waals surface area (Å²) in [6.45, 7) is 8.52. The minimum Gasteiger partial charge on any atom is -0.457 e. The van der Waals surface area contributed by atoms with Crippen LogP contribution < -0.4 is 15.0 Å². The first kappa shape index (κ1) is 49.1. The van der Waals surface area contributed by atoms with E-state index in [2.05, 4.69) is 91.1 Å². The normalized spacial score (nSPS) is 11.8. The van der Waals surface area contributed by atoms with E-state index in [1.54, 1.807) is 49.3 Å². The van der Waals surface area contributed by atoms with Crippen LogP contribution in [0.4, 0.5) is 5.69 Å². The number of carbonyl (C=O) groups is 1. The average molecular weight is 957 g/mol. The summed E-state index contributed by atoms with van der Waals surface area (Å²) in [5.74, 6) is 3.83. The van der Waals surface area contributed by atoms with Gasteiger partial charge in [0.15, 0.2) is 0 Å². The molecular weight excluding hydrogens is 908 g/mol. The number of nitrogens with one attached hydrogen (secondary N) is 1. The van der Waals surface area contributed by atoms with Crippen molar-refractivity contribution < 1.29 is 29.0 Å². The maximum atomic E-state index is 11.9. The van der Waals surface area contributed by atoms with E-state index >= 15 is 0 Å². The summed E-state index contributed by atoms with van der Waals surface area (Å²) in [6, 6.07) is 39.1. The number of nitrogens with zero attached hydrogens (tertiary/aromatic N) is 8. The summed E-state index contributed by atoms with van der Waals surface area (Å²) >= 11 is 0. The van der Waals surface area contributed by atoms with Crippen LogP contribution in [0.1, 0.15) is 50.3 Å². The molecule has 0 saturated carbocycles. The fourth-order valence-corrected chi connectivity index (χ4v) is 6.59. The Morgan fingerprint density at radius 2 is 1.26 bits per heavy atom. The maximum Gasteiger partial charge on any atom is 0.221 e. The number of aromatic nitrogens is 6. The largest absolute Gasteiger partial charge is 0.457 e. The predicted molar refractivity (Wildman–Crippen MR) is 258 cm³/mol.